The summed E-state index contributed by atoms with van der Waals surface area (Å²) in [5.41, 5.74) is 7.68. The number of imidazole rings is 1. The normalized spacial score (nSPS) is 15.0. The number of rotatable bonds is 13. The number of aromatic nitrogens is 2. The van der Waals surface area contributed by atoms with Crippen molar-refractivity contribution in [1.82, 2.24) is 19.8 Å². The van der Waals surface area contributed by atoms with Crippen molar-refractivity contribution in [3.05, 3.63) is 114 Å². The summed E-state index contributed by atoms with van der Waals surface area (Å²) in [7, 11) is 1.68. The van der Waals surface area contributed by atoms with Crippen molar-refractivity contribution >= 4 is 23.5 Å². The number of carbonyl (C=O) groups excluding carboxylic acids is 3. The fourth-order valence-electron chi connectivity index (χ4n) is 5.82. The van der Waals surface area contributed by atoms with Gasteiger partial charge in [0.25, 0.3) is 5.91 Å². The third kappa shape index (κ3) is 8.67. The zero-order valence-electron chi connectivity index (χ0n) is 27.7. The number of ether oxygens (including phenoxy) is 2. The summed E-state index contributed by atoms with van der Waals surface area (Å²) in [5, 5.41) is 5.48. The smallest absolute Gasteiger partial charge is 0.250 e. The number of piperidine rings is 1. The molecule has 1 saturated heterocycles. The van der Waals surface area contributed by atoms with Gasteiger partial charge in [0.05, 0.1) is 32.2 Å². The number of para-hydroxylation sites is 1. The molecule has 252 valence electrons. The molecular formula is C37H44N6O5. The molecule has 3 aromatic carbocycles. The molecule has 0 spiro atoms. The van der Waals surface area contributed by atoms with Crippen molar-refractivity contribution in [2.45, 2.75) is 56.8 Å². The predicted octanol–water partition coefficient (Wildman–Crippen LogP) is 4.26. The third-order valence-electron chi connectivity index (χ3n) is 8.49. The quantitative estimate of drug-likeness (QED) is 0.196. The van der Waals surface area contributed by atoms with Crippen molar-refractivity contribution in [2.75, 3.05) is 32.1 Å². The van der Waals surface area contributed by atoms with E-state index >= 15 is 0 Å². The van der Waals surface area contributed by atoms with Gasteiger partial charge >= 0.3 is 0 Å². The van der Waals surface area contributed by atoms with Gasteiger partial charge in [0.2, 0.25) is 11.8 Å². The van der Waals surface area contributed by atoms with E-state index in [1.54, 1.807) is 31.7 Å². The van der Waals surface area contributed by atoms with Crippen molar-refractivity contribution in [3.63, 3.8) is 0 Å². The second-order valence-electron chi connectivity index (χ2n) is 12.6. The average Bonchev–Trinajstić information content (AvgIpc) is 3.55. The van der Waals surface area contributed by atoms with E-state index in [-0.39, 0.29) is 24.9 Å². The number of nitrogens with two attached hydrogens (primary N) is 1. The summed E-state index contributed by atoms with van der Waals surface area (Å²) in [4.78, 5) is 46.6. The Hall–Kier alpha value is -5.00. The first-order valence-corrected chi connectivity index (χ1v) is 16.2. The minimum Gasteiger partial charge on any atom is -0.496 e. The molecule has 1 aliphatic rings. The van der Waals surface area contributed by atoms with Crippen LogP contribution in [0.2, 0.25) is 0 Å². The van der Waals surface area contributed by atoms with Crippen LogP contribution in [0.15, 0.2) is 97.5 Å². The van der Waals surface area contributed by atoms with Crippen LogP contribution in [0.4, 0.5) is 5.82 Å². The summed E-state index contributed by atoms with van der Waals surface area (Å²) in [6.07, 6.45) is 4.80. The summed E-state index contributed by atoms with van der Waals surface area (Å²) in [5.74, 6) is 0.323. The lowest BCUT2D eigenvalue weighted by Crippen LogP contribution is -2.56. The molecule has 1 fully saturated rings. The van der Waals surface area contributed by atoms with E-state index in [2.05, 4.69) is 21.7 Å². The first-order valence-electron chi connectivity index (χ1n) is 16.2. The highest BCUT2D eigenvalue weighted by Gasteiger charge is 2.33. The average molecular weight is 653 g/mol. The minimum absolute atomic E-state index is 0.0559. The molecule has 4 aromatic rings. The maximum atomic E-state index is 14.1. The second-order valence-corrected chi connectivity index (χ2v) is 12.6. The van der Waals surface area contributed by atoms with E-state index in [4.69, 9.17) is 15.2 Å². The lowest BCUT2D eigenvalue weighted by molar-refractivity contribution is -0.134. The predicted molar refractivity (Wildman–Crippen MR) is 183 cm³/mol. The third-order valence-corrected chi connectivity index (χ3v) is 8.49. The van der Waals surface area contributed by atoms with Gasteiger partial charge in [-0.3, -0.25) is 14.4 Å². The van der Waals surface area contributed by atoms with Crippen LogP contribution in [-0.2, 0) is 25.7 Å². The van der Waals surface area contributed by atoms with E-state index in [0.717, 1.165) is 35.3 Å². The van der Waals surface area contributed by atoms with Gasteiger partial charge in [-0.15, -0.1) is 0 Å². The molecule has 5 rings (SSSR count). The first kappa shape index (κ1) is 34.3. The Morgan fingerprint density at radius 3 is 2.27 bits per heavy atom. The molecule has 11 heteroatoms. The van der Waals surface area contributed by atoms with E-state index in [0.29, 0.717) is 19.0 Å². The van der Waals surface area contributed by atoms with Crippen molar-refractivity contribution < 1.29 is 23.9 Å². The van der Waals surface area contributed by atoms with Gasteiger partial charge in [-0.05, 0) is 55.4 Å². The SMILES string of the molecule is COc1ccccc1C1CCN(C(=O)C(c2ccccc2)n2cnc(NC(=O)C(COCc3ccccc3)NC(=O)C(C)(C)N)c2)CC1. The highest BCUT2D eigenvalue weighted by atomic mass is 16.5. The molecule has 0 bridgehead atoms. The Bertz CT molecular complexity index is 1660. The van der Waals surface area contributed by atoms with Gasteiger partial charge in [-0.2, -0.15) is 0 Å². The molecule has 2 atom stereocenters. The molecule has 4 N–H and O–H groups in total. The molecule has 0 radical (unpaired) electrons. The lowest BCUT2D eigenvalue weighted by atomic mass is 9.88. The Labute approximate surface area is 281 Å². The van der Waals surface area contributed by atoms with Crippen molar-refractivity contribution in [1.29, 1.82) is 0 Å². The zero-order valence-corrected chi connectivity index (χ0v) is 27.7. The maximum absolute atomic E-state index is 14.1. The maximum Gasteiger partial charge on any atom is 0.250 e. The van der Waals surface area contributed by atoms with Crippen molar-refractivity contribution in [3.8, 4) is 5.75 Å². The number of nitrogens with one attached hydrogen (secondary N) is 2. The van der Waals surface area contributed by atoms with Gasteiger partial charge in [-0.25, -0.2) is 4.98 Å². The van der Waals surface area contributed by atoms with Gasteiger partial charge in [0.1, 0.15) is 17.8 Å². The number of anilines is 1. The number of amides is 3. The van der Waals surface area contributed by atoms with Gasteiger partial charge in [-0.1, -0.05) is 78.9 Å². The number of benzene rings is 3. The fourth-order valence-corrected chi connectivity index (χ4v) is 5.82. The topological polar surface area (TPSA) is 141 Å². The highest BCUT2D eigenvalue weighted by Crippen LogP contribution is 2.35. The van der Waals surface area contributed by atoms with Gasteiger partial charge < -0.3 is 35.3 Å². The van der Waals surface area contributed by atoms with Gasteiger partial charge in [0.15, 0.2) is 5.82 Å². The van der Waals surface area contributed by atoms with Crippen LogP contribution >= 0.6 is 0 Å². The summed E-state index contributed by atoms with van der Waals surface area (Å²) < 4.78 is 13.1. The number of nitrogens with zero attached hydrogens (tertiary/aromatic N) is 3. The number of methoxy groups -OCH3 is 1. The molecule has 0 aliphatic carbocycles. The summed E-state index contributed by atoms with van der Waals surface area (Å²) in [6.45, 7) is 4.50. The first-order chi connectivity index (χ1) is 23.1. The Balaban J connectivity index is 1.29. The molecule has 3 amide bonds. The highest BCUT2D eigenvalue weighted by molar-refractivity contribution is 5.98. The second kappa shape index (κ2) is 15.7. The molecule has 11 nitrogen and oxygen atoms in total. The monoisotopic (exact) mass is 652 g/mol. The van der Waals surface area contributed by atoms with Crippen LogP contribution in [-0.4, -0.2) is 70.6 Å². The minimum atomic E-state index is -1.20. The Morgan fingerprint density at radius 1 is 0.958 bits per heavy atom. The molecule has 2 unspecified atom stereocenters. The number of hydrogen-bond donors (Lipinski definition) is 3. The van der Waals surface area contributed by atoms with Crippen molar-refractivity contribution in [2.24, 2.45) is 5.73 Å². The molecule has 0 saturated carbocycles. The molecule has 48 heavy (non-hydrogen) atoms. The summed E-state index contributed by atoms with van der Waals surface area (Å²) >= 11 is 0. The van der Waals surface area contributed by atoms with E-state index in [1.165, 1.54) is 6.33 Å². The van der Waals surface area contributed by atoms with E-state index in [1.807, 2.05) is 83.8 Å². The number of carbonyl (C=O) groups is 3. The van der Waals surface area contributed by atoms with Crippen LogP contribution in [0, 0.1) is 0 Å². The Morgan fingerprint density at radius 2 is 1.60 bits per heavy atom. The van der Waals surface area contributed by atoms with E-state index in [9.17, 15) is 14.4 Å². The molecule has 1 aliphatic heterocycles. The van der Waals surface area contributed by atoms with Crippen LogP contribution in [0.25, 0.3) is 0 Å². The fraction of sp³-hybridized carbons (Fsp3) is 0.351. The number of hydrogen-bond acceptors (Lipinski definition) is 7. The van der Waals surface area contributed by atoms with Crippen LogP contribution in [0.3, 0.4) is 0 Å². The molecule has 2 heterocycles. The summed E-state index contributed by atoms with van der Waals surface area (Å²) in [6, 6.07) is 25.4. The Kier molecular flexibility index (Phi) is 11.3. The number of likely N-dealkylation sites (tertiary alicyclic amines) is 1. The largest absolute Gasteiger partial charge is 0.496 e. The van der Waals surface area contributed by atoms with Crippen LogP contribution in [0.5, 0.6) is 5.75 Å². The standard InChI is InChI=1S/C37H44N6O5/c1-37(2,38)36(46)40-30(24-48-23-26-12-6-4-7-13-26)34(44)41-32-22-43(25-39-32)33(28-14-8-5-9-15-28)35(45)42-20-18-27(19-21-42)29-16-10-11-17-31(29)47-3/h4-17,22,25,27,30,33H,18-21,23-24,38H2,1-3H3,(H,40,46)(H,41,44). The molecule has 1 aromatic heterocycles. The lowest BCUT2D eigenvalue weighted by Gasteiger charge is -2.35. The molecular weight excluding hydrogens is 608 g/mol. The van der Waals surface area contributed by atoms with Crippen LogP contribution in [0.1, 0.15) is 55.3 Å². The zero-order chi connectivity index (χ0) is 34.1. The van der Waals surface area contributed by atoms with E-state index < -0.39 is 29.4 Å². The van der Waals surface area contributed by atoms with Gasteiger partial charge in [0, 0.05) is 19.3 Å². The van der Waals surface area contributed by atoms with Crippen LogP contribution < -0.4 is 21.1 Å².